The fraction of sp³-hybridized carbons (Fsp3) is 0.647. The smallest absolute Gasteiger partial charge is 0.227 e. The van der Waals surface area contributed by atoms with Gasteiger partial charge in [0.25, 0.3) is 0 Å². The predicted molar refractivity (Wildman–Crippen MR) is 82.9 cm³/mol. The van der Waals surface area contributed by atoms with Crippen LogP contribution in [0.5, 0.6) is 0 Å². The Balaban J connectivity index is 1.67. The molecule has 4 heteroatoms. The zero-order chi connectivity index (χ0) is 14.7. The highest BCUT2D eigenvalue weighted by Crippen LogP contribution is 2.30. The first kappa shape index (κ1) is 14.5. The Labute approximate surface area is 126 Å². The lowest BCUT2D eigenvalue weighted by molar-refractivity contribution is -0.133. The molecule has 3 heterocycles. The lowest BCUT2D eigenvalue weighted by atomic mass is 9.97. The first-order valence-corrected chi connectivity index (χ1v) is 8.20. The number of carbonyl (C=O) groups is 1. The number of carbonyl (C=O) groups excluding carboxylic acids is 1. The SMILES string of the molecule is CCCN(C(=O)Cc1ccncc1)C1CC2CCC(C1)N2. The molecule has 114 valence electrons. The fourth-order valence-electron chi connectivity index (χ4n) is 3.81. The molecule has 0 saturated carbocycles. The van der Waals surface area contributed by atoms with Gasteiger partial charge in [0.2, 0.25) is 5.91 Å². The monoisotopic (exact) mass is 287 g/mol. The van der Waals surface area contributed by atoms with E-state index in [1.807, 2.05) is 12.1 Å². The molecule has 2 saturated heterocycles. The molecule has 1 amide bonds. The summed E-state index contributed by atoms with van der Waals surface area (Å²) in [6.45, 7) is 3.04. The first-order valence-electron chi connectivity index (χ1n) is 8.20. The number of piperidine rings is 1. The normalized spacial score (nSPS) is 27.6. The van der Waals surface area contributed by atoms with Crippen molar-refractivity contribution in [1.82, 2.24) is 15.2 Å². The van der Waals surface area contributed by atoms with Crippen molar-refractivity contribution in [2.75, 3.05) is 6.54 Å². The van der Waals surface area contributed by atoms with Crippen molar-refractivity contribution in [1.29, 1.82) is 0 Å². The van der Waals surface area contributed by atoms with Crippen LogP contribution < -0.4 is 5.32 Å². The van der Waals surface area contributed by atoms with Gasteiger partial charge in [-0.1, -0.05) is 6.92 Å². The van der Waals surface area contributed by atoms with Gasteiger partial charge in [-0.25, -0.2) is 0 Å². The van der Waals surface area contributed by atoms with Crippen LogP contribution in [0.2, 0.25) is 0 Å². The highest BCUT2D eigenvalue weighted by atomic mass is 16.2. The van der Waals surface area contributed by atoms with E-state index in [9.17, 15) is 4.79 Å². The molecule has 0 aliphatic carbocycles. The minimum Gasteiger partial charge on any atom is -0.339 e. The lowest BCUT2D eigenvalue weighted by Crippen LogP contribution is -2.50. The summed E-state index contributed by atoms with van der Waals surface area (Å²) in [4.78, 5) is 18.9. The molecule has 2 bridgehead atoms. The molecule has 1 aromatic rings. The van der Waals surface area contributed by atoms with Crippen LogP contribution in [0, 0.1) is 0 Å². The number of pyridine rings is 1. The van der Waals surface area contributed by atoms with Crippen molar-refractivity contribution < 1.29 is 4.79 Å². The quantitative estimate of drug-likeness (QED) is 0.902. The Kier molecular flexibility index (Phi) is 4.54. The molecular weight excluding hydrogens is 262 g/mol. The Morgan fingerprint density at radius 3 is 2.57 bits per heavy atom. The van der Waals surface area contributed by atoms with E-state index in [1.165, 1.54) is 12.8 Å². The summed E-state index contributed by atoms with van der Waals surface area (Å²) in [5.74, 6) is 0.273. The second-order valence-electron chi connectivity index (χ2n) is 6.38. The van der Waals surface area contributed by atoms with E-state index in [0.717, 1.165) is 31.4 Å². The van der Waals surface area contributed by atoms with E-state index in [4.69, 9.17) is 0 Å². The van der Waals surface area contributed by atoms with Crippen LogP contribution in [0.1, 0.15) is 44.6 Å². The van der Waals surface area contributed by atoms with Gasteiger partial charge < -0.3 is 10.2 Å². The van der Waals surface area contributed by atoms with Crippen molar-refractivity contribution in [3.05, 3.63) is 30.1 Å². The minimum absolute atomic E-state index is 0.273. The van der Waals surface area contributed by atoms with Crippen LogP contribution >= 0.6 is 0 Å². The summed E-state index contributed by atoms with van der Waals surface area (Å²) >= 11 is 0. The molecule has 2 fully saturated rings. The zero-order valence-corrected chi connectivity index (χ0v) is 12.8. The molecule has 0 radical (unpaired) electrons. The Hall–Kier alpha value is -1.42. The van der Waals surface area contributed by atoms with E-state index in [1.54, 1.807) is 12.4 Å². The summed E-state index contributed by atoms with van der Waals surface area (Å²) < 4.78 is 0. The standard InChI is InChI=1S/C17H25N3O/c1-2-9-20(16-11-14-3-4-15(12-16)19-14)17(21)10-13-5-7-18-8-6-13/h5-8,14-16,19H,2-4,9-12H2,1H3. The van der Waals surface area contributed by atoms with Crippen LogP contribution in [0.15, 0.2) is 24.5 Å². The summed E-state index contributed by atoms with van der Waals surface area (Å²) in [5.41, 5.74) is 1.06. The second-order valence-corrected chi connectivity index (χ2v) is 6.38. The largest absolute Gasteiger partial charge is 0.339 e. The Morgan fingerprint density at radius 1 is 1.29 bits per heavy atom. The van der Waals surface area contributed by atoms with Crippen molar-refractivity contribution in [2.45, 2.75) is 63.6 Å². The maximum atomic E-state index is 12.7. The Morgan fingerprint density at radius 2 is 1.95 bits per heavy atom. The molecule has 3 rings (SSSR count). The van der Waals surface area contributed by atoms with Gasteiger partial charge in [-0.3, -0.25) is 9.78 Å². The van der Waals surface area contributed by atoms with E-state index < -0.39 is 0 Å². The number of hydrogen-bond donors (Lipinski definition) is 1. The molecule has 2 aliphatic heterocycles. The lowest BCUT2D eigenvalue weighted by Gasteiger charge is -2.38. The number of amides is 1. The molecule has 21 heavy (non-hydrogen) atoms. The number of nitrogens with one attached hydrogen (secondary N) is 1. The summed E-state index contributed by atoms with van der Waals surface area (Å²) in [5, 5.41) is 3.66. The summed E-state index contributed by atoms with van der Waals surface area (Å²) in [6, 6.07) is 5.56. The average molecular weight is 287 g/mol. The Bertz CT molecular complexity index is 464. The van der Waals surface area contributed by atoms with Gasteiger partial charge in [-0.05, 0) is 49.8 Å². The third-order valence-corrected chi connectivity index (χ3v) is 4.78. The molecule has 1 aromatic heterocycles. The highest BCUT2D eigenvalue weighted by Gasteiger charge is 2.37. The number of nitrogens with zero attached hydrogens (tertiary/aromatic N) is 2. The molecule has 0 aromatic carbocycles. The van der Waals surface area contributed by atoms with E-state index in [-0.39, 0.29) is 5.91 Å². The number of hydrogen-bond acceptors (Lipinski definition) is 3. The third-order valence-electron chi connectivity index (χ3n) is 4.78. The van der Waals surface area contributed by atoms with Crippen LogP contribution in [-0.4, -0.2) is 40.5 Å². The molecular formula is C17H25N3O. The topological polar surface area (TPSA) is 45.2 Å². The van der Waals surface area contributed by atoms with Crippen LogP contribution in [0.3, 0.4) is 0 Å². The van der Waals surface area contributed by atoms with Gasteiger partial charge in [0.15, 0.2) is 0 Å². The van der Waals surface area contributed by atoms with E-state index >= 15 is 0 Å². The second kappa shape index (κ2) is 6.56. The maximum absolute atomic E-state index is 12.7. The molecule has 0 spiro atoms. The fourth-order valence-corrected chi connectivity index (χ4v) is 3.81. The van der Waals surface area contributed by atoms with Gasteiger partial charge in [-0.2, -0.15) is 0 Å². The number of fused-ring (bicyclic) bond motifs is 2. The zero-order valence-electron chi connectivity index (χ0n) is 12.8. The molecule has 2 atom stereocenters. The van der Waals surface area contributed by atoms with Crippen molar-refractivity contribution in [3.63, 3.8) is 0 Å². The molecule has 4 nitrogen and oxygen atoms in total. The van der Waals surface area contributed by atoms with Gasteiger partial charge in [0.05, 0.1) is 6.42 Å². The maximum Gasteiger partial charge on any atom is 0.227 e. The average Bonchev–Trinajstić information content (AvgIpc) is 2.84. The highest BCUT2D eigenvalue weighted by molar-refractivity contribution is 5.79. The van der Waals surface area contributed by atoms with Crippen LogP contribution in [0.4, 0.5) is 0 Å². The third kappa shape index (κ3) is 3.43. The van der Waals surface area contributed by atoms with Crippen molar-refractivity contribution in [3.8, 4) is 0 Å². The molecule has 2 unspecified atom stereocenters. The van der Waals surface area contributed by atoms with Crippen molar-refractivity contribution >= 4 is 5.91 Å². The van der Waals surface area contributed by atoms with Crippen LogP contribution in [0.25, 0.3) is 0 Å². The molecule has 2 aliphatic rings. The minimum atomic E-state index is 0.273. The van der Waals surface area contributed by atoms with E-state index in [2.05, 4.69) is 22.1 Å². The summed E-state index contributed by atoms with van der Waals surface area (Å²) in [7, 11) is 0. The predicted octanol–water partition coefficient (Wildman–Crippen LogP) is 2.15. The van der Waals surface area contributed by atoms with Gasteiger partial charge in [-0.15, -0.1) is 0 Å². The molecule has 1 N–H and O–H groups in total. The van der Waals surface area contributed by atoms with Crippen LogP contribution in [-0.2, 0) is 11.2 Å². The van der Waals surface area contributed by atoms with Gasteiger partial charge in [0.1, 0.15) is 0 Å². The van der Waals surface area contributed by atoms with E-state index in [0.29, 0.717) is 24.5 Å². The number of aromatic nitrogens is 1. The number of rotatable bonds is 5. The summed E-state index contributed by atoms with van der Waals surface area (Å²) in [6.07, 6.45) is 9.86. The van der Waals surface area contributed by atoms with Gasteiger partial charge in [0, 0.05) is 37.1 Å². The van der Waals surface area contributed by atoms with Crippen molar-refractivity contribution in [2.24, 2.45) is 0 Å². The first-order chi connectivity index (χ1) is 10.3. The van der Waals surface area contributed by atoms with Gasteiger partial charge >= 0.3 is 0 Å².